The first kappa shape index (κ1) is 21.0. The van der Waals surface area contributed by atoms with Gasteiger partial charge in [-0.05, 0) is 41.0 Å². The monoisotopic (exact) mass is 394 g/mol. The Kier molecular flexibility index (Phi) is 7.01. The number of benzene rings is 2. The molecule has 146 valence electrons. The molecule has 0 amide bonds. The van der Waals surface area contributed by atoms with E-state index in [4.69, 9.17) is 9.47 Å². The Labute approximate surface area is 156 Å². The quantitative estimate of drug-likeness (QED) is 0.502. The summed E-state index contributed by atoms with van der Waals surface area (Å²) in [6.07, 6.45) is 3.35. The topological polar surface area (TPSA) is 131 Å². The van der Waals surface area contributed by atoms with Crippen molar-refractivity contribution in [3.05, 3.63) is 52.6 Å². The molecule has 0 aromatic heterocycles. The number of ether oxygens (including phenoxy) is 2. The molecule has 0 aliphatic rings. The van der Waals surface area contributed by atoms with Gasteiger partial charge >= 0.3 is 0 Å². The Morgan fingerprint density at radius 3 is 2.11 bits per heavy atom. The Balaban J connectivity index is 2.37. The van der Waals surface area contributed by atoms with Gasteiger partial charge in [-0.15, -0.1) is 0 Å². The highest BCUT2D eigenvalue weighted by atomic mass is 31.2. The number of phosphoric ester groups is 1. The average molecular weight is 394 g/mol. The summed E-state index contributed by atoms with van der Waals surface area (Å²) >= 11 is 0. The molecule has 0 bridgehead atoms. The van der Waals surface area contributed by atoms with Gasteiger partial charge in [0, 0.05) is 5.56 Å². The largest absolute Gasteiger partial charge is 0.780 e. The van der Waals surface area contributed by atoms with Gasteiger partial charge in [-0.1, -0.05) is 18.2 Å². The van der Waals surface area contributed by atoms with Gasteiger partial charge in [0.15, 0.2) is 11.5 Å². The van der Waals surface area contributed by atoms with Crippen molar-refractivity contribution in [1.82, 2.24) is 0 Å². The van der Waals surface area contributed by atoms with Crippen LogP contribution in [-0.2, 0) is 17.8 Å². The molecule has 0 unspecified atom stereocenters. The zero-order valence-corrected chi connectivity index (χ0v) is 15.6. The van der Waals surface area contributed by atoms with E-state index in [0.717, 1.165) is 0 Å². The van der Waals surface area contributed by atoms with E-state index in [2.05, 4.69) is 4.52 Å². The van der Waals surface area contributed by atoms with Gasteiger partial charge in [0.25, 0.3) is 0 Å². The van der Waals surface area contributed by atoms with E-state index in [1.165, 1.54) is 26.4 Å². The van der Waals surface area contributed by atoms with Crippen LogP contribution in [-0.4, -0.2) is 24.4 Å². The molecular formula is C18H19O8P-2. The summed E-state index contributed by atoms with van der Waals surface area (Å²) in [5.74, 6) is 0.328. The lowest BCUT2D eigenvalue weighted by Gasteiger charge is -2.29. The van der Waals surface area contributed by atoms with Crippen molar-refractivity contribution in [3.8, 4) is 17.2 Å². The highest BCUT2D eigenvalue weighted by Crippen LogP contribution is 2.37. The third kappa shape index (κ3) is 5.56. The summed E-state index contributed by atoms with van der Waals surface area (Å²) < 4.78 is 25.5. The summed E-state index contributed by atoms with van der Waals surface area (Å²) in [6, 6.07) is 7.85. The van der Waals surface area contributed by atoms with Crippen molar-refractivity contribution in [2.45, 2.75) is 13.2 Å². The first-order chi connectivity index (χ1) is 12.8. The second-order valence-electron chi connectivity index (χ2n) is 5.46. The molecule has 27 heavy (non-hydrogen) atoms. The smallest absolute Gasteiger partial charge is 0.166 e. The van der Waals surface area contributed by atoms with Gasteiger partial charge in [0.05, 0.1) is 27.4 Å². The van der Waals surface area contributed by atoms with Crippen LogP contribution in [0.2, 0.25) is 0 Å². The third-order valence-corrected chi connectivity index (χ3v) is 4.16. The van der Waals surface area contributed by atoms with Crippen LogP contribution in [0.1, 0.15) is 22.3 Å². The van der Waals surface area contributed by atoms with Crippen molar-refractivity contribution in [1.29, 1.82) is 0 Å². The van der Waals surface area contributed by atoms with Crippen LogP contribution < -0.4 is 23.8 Å². The van der Waals surface area contributed by atoms with Crippen LogP contribution >= 0.6 is 7.82 Å². The highest BCUT2D eigenvalue weighted by molar-refractivity contribution is 7.43. The van der Waals surface area contributed by atoms with Crippen LogP contribution in [0.15, 0.2) is 30.3 Å². The lowest BCUT2D eigenvalue weighted by Crippen LogP contribution is -2.18. The second kappa shape index (κ2) is 9.03. The summed E-state index contributed by atoms with van der Waals surface area (Å²) in [5, 5.41) is 18.9. The van der Waals surface area contributed by atoms with Gasteiger partial charge in [-0.2, -0.15) is 0 Å². The molecule has 0 aliphatic heterocycles. The third-order valence-electron chi connectivity index (χ3n) is 3.74. The van der Waals surface area contributed by atoms with Crippen molar-refractivity contribution in [2.75, 3.05) is 14.2 Å². The fraction of sp³-hybridized carbons (Fsp3) is 0.222. The standard InChI is InChI=1S/C18H21O8P/c1-24-16-6-5-12(8-18(16)26-27(21,22)23)3-4-13-7-14(10-19)15(11-20)17(9-13)25-2/h3-9,19-20H,10-11H2,1-2H3,(H2,21,22,23)/p-2/b4-3-. The van der Waals surface area contributed by atoms with Crippen molar-refractivity contribution >= 4 is 20.0 Å². The van der Waals surface area contributed by atoms with Crippen molar-refractivity contribution < 1.29 is 38.6 Å². The van der Waals surface area contributed by atoms with E-state index < -0.39 is 7.82 Å². The lowest BCUT2D eigenvalue weighted by atomic mass is 10.0. The predicted octanol–water partition coefficient (Wildman–Crippen LogP) is 1.07. The Hall–Kier alpha value is -2.35. The maximum atomic E-state index is 10.9. The minimum atomic E-state index is -5.23. The second-order valence-corrected chi connectivity index (χ2v) is 6.54. The molecule has 0 spiro atoms. The molecule has 2 rings (SSSR count). The molecule has 9 heteroatoms. The van der Waals surface area contributed by atoms with E-state index in [1.54, 1.807) is 30.4 Å². The molecule has 0 saturated heterocycles. The lowest BCUT2D eigenvalue weighted by molar-refractivity contribution is -0.333. The van der Waals surface area contributed by atoms with Gasteiger partial charge in [0.1, 0.15) is 13.6 Å². The van der Waals surface area contributed by atoms with E-state index in [-0.39, 0.29) is 24.7 Å². The van der Waals surface area contributed by atoms with Crippen LogP contribution in [0.25, 0.3) is 12.2 Å². The fourth-order valence-corrected chi connectivity index (χ4v) is 2.89. The Morgan fingerprint density at radius 1 is 0.926 bits per heavy atom. The first-order valence-electron chi connectivity index (χ1n) is 7.80. The maximum Gasteiger partial charge on any atom is 0.166 e. The molecule has 0 saturated carbocycles. The van der Waals surface area contributed by atoms with E-state index in [1.807, 2.05) is 0 Å². The molecule has 0 atom stereocenters. The predicted molar refractivity (Wildman–Crippen MR) is 95.0 cm³/mol. The molecule has 0 fully saturated rings. The van der Waals surface area contributed by atoms with Gasteiger partial charge in [0.2, 0.25) is 0 Å². The molecular weight excluding hydrogens is 375 g/mol. The normalized spacial score (nSPS) is 11.6. The number of aliphatic hydroxyl groups is 2. The molecule has 0 heterocycles. The molecule has 0 aliphatic carbocycles. The number of rotatable bonds is 8. The minimum absolute atomic E-state index is 0.107. The summed E-state index contributed by atoms with van der Waals surface area (Å²) in [6.45, 7) is -0.538. The van der Waals surface area contributed by atoms with E-state index >= 15 is 0 Å². The van der Waals surface area contributed by atoms with Crippen molar-refractivity contribution in [2.24, 2.45) is 0 Å². The zero-order chi connectivity index (χ0) is 20.0. The van der Waals surface area contributed by atoms with Crippen LogP contribution in [0.4, 0.5) is 0 Å². The summed E-state index contributed by atoms with van der Waals surface area (Å²) in [5.41, 5.74) is 2.26. The van der Waals surface area contributed by atoms with Gasteiger partial charge in [-0.25, -0.2) is 0 Å². The fourth-order valence-electron chi connectivity index (χ4n) is 2.51. The van der Waals surface area contributed by atoms with E-state index in [9.17, 15) is 24.6 Å². The number of hydrogen-bond acceptors (Lipinski definition) is 8. The molecule has 2 aromatic rings. The Bertz CT molecular complexity index is 847. The number of phosphoric acid groups is 1. The zero-order valence-electron chi connectivity index (χ0n) is 14.7. The summed E-state index contributed by atoms with van der Waals surface area (Å²) in [7, 11) is -2.45. The summed E-state index contributed by atoms with van der Waals surface area (Å²) in [4.78, 5) is 21.8. The highest BCUT2D eigenvalue weighted by Gasteiger charge is 2.10. The molecule has 0 radical (unpaired) electrons. The average Bonchev–Trinajstić information content (AvgIpc) is 2.64. The molecule has 2 aromatic carbocycles. The molecule has 8 nitrogen and oxygen atoms in total. The minimum Gasteiger partial charge on any atom is -0.780 e. The first-order valence-corrected chi connectivity index (χ1v) is 9.26. The number of aliphatic hydroxyl groups excluding tert-OH is 2. The van der Waals surface area contributed by atoms with Crippen LogP contribution in [0.3, 0.4) is 0 Å². The van der Waals surface area contributed by atoms with E-state index in [0.29, 0.717) is 28.0 Å². The van der Waals surface area contributed by atoms with Gasteiger partial charge in [-0.3, -0.25) is 0 Å². The number of methoxy groups -OCH3 is 2. The molecule has 2 N–H and O–H groups in total. The van der Waals surface area contributed by atoms with Crippen LogP contribution in [0, 0.1) is 0 Å². The Morgan fingerprint density at radius 2 is 1.56 bits per heavy atom. The SMILES string of the molecule is COc1ccc(/C=C\c2cc(CO)c(CO)c(OC)c2)cc1OP(=O)([O-])[O-]. The van der Waals surface area contributed by atoms with Crippen LogP contribution in [0.5, 0.6) is 17.2 Å². The van der Waals surface area contributed by atoms with Crippen molar-refractivity contribution in [3.63, 3.8) is 0 Å². The van der Waals surface area contributed by atoms with Gasteiger partial charge < -0.3 is 38.6 Å². The maximum absolute atomic E-state index is 10.9. The number of hydrogen-bond donors (Lipinski definition) is 2.